The number of rotatable bonds is 16. The average molecular weight is 970 g/mol. The van der Waals surface area contributed by atoms with Crippen LogP contribution >= 0.6 is 0 Å². The Hall–Kier alpha value is -4.42. The number of carbonyl (C=O) groups excluding carboxylic acids is 6. The highest BCUT2D eigenvalue weighted by molar-refractivity contribution is 6.73. The summed E-state index contributed by atoms with van der Waals surface area (Å²) in [7, 11) is -2.64. The summed E-state index contributed by atoms with van der Waals surface area (Å²) in [6.45, 7) is 27.1. The Morgan fingerprint density at radius 2 is 1.57 bits per heavy atom. The van der Waals surface area contributed by atoms with Gasteiger partial charge in [-0.25, -0.2) is 14.4 Å². The topological polar surface area (TPSA) is 220 Å². The number of ketones is 1. The Labute approximate surface area is 402 Å². The van der Waals surface area contributed by atoms with Crippen LogP contribution in [-0.2, 0) is 52.0 Å². The van der Waals surface area contributed by atoms with Crippen LogP contribution in [0.3, 0.4) is 0 Å². The first-order valence-corrected chi connectivity index (χ1v) is 26.5. The third kappa shape index (κ3) is 9.71. The first kappa shape index (κ1) is 54.5. The van der Waals surface area contributed by atoms with Gasteiger partial charge in [-0.15, -0.1) is 0 Å². The highest BCUT2D eigenvalue weighted by Crippen LogP contribution is 2.65. The third-order valence-electron chi connectivity index (χ3n) is 15.3. The lowest BCUT2D eigenvalue weighted by molar-refractivity contribution is -0.344. The van der Waals surface area contributed by atoms with Crippen LogP contribution in [0.5, 0.6) is 0 Å². The number of benzene rings is 1. The zero-order chi connectivity index (χ0) is 51.2. The van der Waals surface area contributed by atoms with Crippen molar-refractivity contribution in [1.29, 1.82) is 0 Å². The zero-order valence-corrected chi connectivity index (χ0v) is 43.4. The molecule has 0 aromatic heterocycles. The summed E-state index contributed by atoms with van der Waals surface area (Å²) in [4.78, 5) is 85.7. The van der Waals surface area contributed by atoms with Gasteiger partial charge in [0.25, 0.3) is 0 Å². The second kappa shape index (κ2) is 19.8. The van der Waals surface area contributed by atoms with Crippen molar-refractivity contribution in [1.82, 2.24) is 5.32 Å². The first-order valence-electron chi connectivity index (χ1n) is 23.9. The number of fused-ring (bicyclic) bond motifs is 5. The summed E-state index contributed by atoms with van der Waals surface area (Å²) in [6, 6.07) is 8.78. The van der Waals surface area contributed by atoms with Crippen LogP contribution < -0.4 is 5.32 Å². The molecule has 2 bridgehead atoms. The summed E-state index contributed by atoms with van der Waals surface area (Å²) in [5, 5.41) is 29.0. The third-order valence-corrected chi connectivity index (χ3v) is 19.9. The average Bonchev–Trinajstić information content (AvgIpc) is 3.24. The number of hydrogen-bond acceptors (Lipinski definition) is 15. The molecule has 0 unspecified atom stereocenters. The molecule has 17 heteroatoms. The van der Waals surface area contributed by atoms with E-state index in [1.54, 1.807) is 66.7 Å². The number of esters is 4. The van der Waals surface area contributed by atoms with Gasteiger partial charge in [0.2, 0.25) is 5.60 Å². The largest absolute Gasteiger partial charge is 0.455 e. The molecule has 11 atom stereocenters. The van der Waals surface area contributed by atoms with E-state index in [0.717, 1.165) is 13.0 Å². The lowest BCUT2D eigenvalue weighted by atomic mass is 9.44. The summed E-state index contributed by atoms with van der Waals surface area (Å²) < 4.78 is 44.4. The van der Waals surface area contributed by atoms with Crippen LogP contribution in [0.2, 0.25) is 18.1 Å². The lowest BCUT2D eigenvalue weighted by Gasteiger charge is -2.68. The van der Waals surface area contributed by atoms with E-state index < -0.39 is 126 Å². The molecule has 1 aromatic rings. The molecule has 0 radical (unpaired) electrons. The number of hydrogen-bond donors (Lipinski definition) is 3. The van der Waals surface area contributed by atoms with Gasteiger partial charge >= 0.3 is 30.0 Å². The summed E-state index contributed by atoms with van der Waals surface area (Å²) in [5.41, 5.74) is -10.7. The maximum absolute atomic E-state index is 16.3. The lowest BCUT2D eigenvalue weighted by Crippen LogP contribution is -2.82. The highest BCUT2D eigenvalue weighted by Gasteiger charge is 2.79. The molecule has 1 aliphatic heterocycles. The number of ether oxygens (including phenoxy) is 6. The van der Waals surface area contributed by atoms with Crippen LogP contribution in [0.25, 0.3) is 0 Å². The smallest absolute Gasteiger partial charge is 0.407 e. The van der Waals surface area contributed by atoms with Crippen molar-refractivity contribution in [3.05, 3.63) is 59.7 Å². The van der Waals surface area contributed by atoms with Crippen molar-refractivity contribution in [2.75, 3.05) is 6.61 Å². The summed E-state index contributed by atoms with van der Waals surface area (Å²) in [6.07, 6.45) is -7.27. The minimum Gasteiger partial charge on any atom is -0.455 e. The number of Topliss-reactive ketones (excluding diaryl/α,β-unsaturated/α-hetero) is 1. The SMILES string of the molecule is C=C[C@](O)(C(=O)O[C@H]1C[C@@]2(O)[C@@H](OC(=O)c3ccccc3)[C@@H]3[C@]4(OC(C)=O)CO[C@@H]4C[C@H](O[Si](CC)(CC)CC)[C@@]3(C)C(=O)[C@H](OC(C)=O)C(=C1C)C2(C)C)[C@H](CC(C)C)NC(=O)OC(C)(C)C. The van der Waals surface area contributed by atoms with Crippen LogP contribution in [0.1, 0.15) is 127 Å². The molecule has 3 N–H and O–H groups in total. The summed E-state index contributed by atoms with van der Waals surface area (Å²) >= 11 is 0. The predicted molar refractivity (Wildman–Crippen MR) is 252 cm³/mol. The van der Waals surface area contributed by atoms with Crippen LogP contribution in [-0.4, -0.2) is 120 Å². The molecule has 0 spiro atoms. The maximum atomic E-state index is 16.3. The Balaban J connectivity index is 1.84. The quantitative estimate of drug-likeness (QED) is 0.0652. The van der Waals surface area contributed by atoms with E-state index in [9.17, 15) is 34.2 Å². The molecule has 5 rings (SSSR count). The molecule has 3 aliphatic carbocycles. The molecule has 1 saturated heterocycles. The van der Waals surface area contributed by atoms with Crippen molar-refractivity contribution in [3.8, 4) is 0 Å². The number of carbonyl (C=O) groups is 6. The van der Waals surface area contributed by atoms with Gasteiger partial charge in [0.1, 0.15) is 29.5 Å². The van der Waals surface area contributed by atoms with Gasteiger partial charge < -0.3 is 48.4 Å². The normalized spacial score (nSPS) is 31.2. The van der Waals surface area contributed by atoms with Crippen LogP contribution in [0.15, 0.2) is 54.1 Å². The second-order valence-electron chi connectivity index (χ2n) is 21.3. The number of aliphatic hydroxyl groups is 2. The molecule has 1 aromatic carbocycles. The van der Waals surface area contributed by atoms with E-state index in [1.807, 2.05) is 34.6 Å². The van der Waals surface area contributed by atoms with Crippen molar-refractivity contribution in [3.63, 3.8) is 0 Å². The first-order chi connectivity index (χ1) is 31.5. The van der Waals surface area contributed by atoms with E-state index in [2.05, 4.69) is 11.9 Å². The molecule has 3 fully saturated rings. The molecular formula is C51H75NO15Si. The van der Waals surface area contributed by atoms with Gasteiger partial charge in [0, 0.05) is 32.1 Å². The fraction of sp³-hybridized carbons (Fsp3) is 0.686. The molecule has 68 heavy (non-hydrogen) atoms. The van der Waals surface area contributed by atoms with Crippen molar-refractivity contribution < 1.29 is 71.8 Å². The van der Waals surface area contributed by atoms with E-state index in [0.29, 0.717) is 18.1 Å². The standard InChI is InChI=1S/C51H75NO15Si/c1-16-49(59,35(25-29(5)6)52-45(58)66-46(10,11)12)44(57)63-34-27-51(60)42(64-43(56)33-23-21-20-22-24-33)40-48(15,41(55)39(62-31(8)53)38(30(34)7)47(51,13)14)36(67-68(17-2,18-3)19-4)26-37-50(40,28-61-37)65-32(9)54/h16,20-24,29,34-37,39-40,42,59-60H,1,17-19,25-28H2,2-15H3,(H,52,58)/t34-,35-,36-,37+,39+,40-,42-,48+,49+,50-,51+/m0/s1. The van der Waals surface area contributed by atoms with E-state index in [1.165, 1.54) is 19.1 Å². The van der Waals surface area contributed by atoms with E-state index >= 15 is 4.79 Å². The number of amides is 1. The van der Waals surface area contributed by atoms with Crippen LogP contribution in [0.4, 0.5) is 4.79 Å². The molecule has 1 heterocycles. The Bertz CT molecular complexity index is 2140. The van der Waals surface area contributed by atoms with Gasteiger partial charge in [0.15, 0.2) is 25.8 Å². The minimum atomic E-state index is -2.64. The van der Waals surface area contributed by atoms with Gasteiger partial charge in [-0.3, -0.25) is 14.4 Å². The zero-order valence-electron chi connectivity index (χ0n) is 42.4. The molecule has 1 amide bonds. The van der Waals surface area contributed by atoms with Gasteiger partial charge in [-0.05, 0) is 94.4 Å². The fourth-order valence-corrected chi connectivity index (χ4v) is 14.3. The monoisotopic (exact) mass is 969 g/mol. The van der Waals surface area contributed by atoms with Crippen molar-refractivity contribution in [2.45, 2.75) is 193 Å². The maximum Gasteiger partial charge on any atom is 0.407 e. The number of alkyl carbamates (subject to hydrolysis) is 1. The van der Waals surface area contributed by atoms with Crippen molar-refractivity contribution in [2.24, 2.45) is 22.7 Å². The van der Waals surface area contributed by atoms with E-state index in [-0.39, 0.29) is 42.1 Å². The Kier molecular flexibility index (Phi) is 15.8. The molecule has 2 saturated carbocycles. The molecule has 16 nitrogen and oxygen atoms in total. The van der Waals surface area contributed by atoms with Gasteiger partial charge in [0.05, 0.1) is 35.6 Å². The Morgan fingerprint density at radius 1 is 0.971 bits per heavy atom. The Morgan fingerprint density at radius 3 is 2.06 bits per heavy atom. The van der Waals surface area contributed by atoms with Crippen LogP contribution in [0, 0.1) is 22.7 Å². The summed E-state index contributed by atoms with van der Waals surface area (Å²) in [5.74, 6) is -6.02. The predicted octanol–water partition coefficient (Wildman–Crippen LogP) is 7.09. The van der Waals surface area contributed by atoms with Gasteiger partial charge in [-0.1, -0.05) is 73.2 Å². The minimum absolute atomic E-state index is 0.0579. The van der Waals surface area contributed by atoms with Crippen molar-refractivity contribution >= 4 is 44.1 Å². The molecule has 378 valence electrons. The van der Waals surface area contributed by atoms with E-state index in [4.69, 9.17) is 32.8 Å². The fourth-order valence-electron chi connectivity index (χ4n) is 11.3. The highest BCUT2D eigenvalue weighted by atomic mass is 28.4. The van der Waals surface area contributed by atoms with Gasteiger partial charge in [-0.2, -0.15) is 0 Å². The number of nitrogens with one attached hydrogen (secondary N) is 1. The molecule has 4 aliphatic rings. The second-order valence-corrected chi connectivity index (χ2v) is 26.1. The molecular weight excluding hydrogens is 895 g/mol.